The minimum absolute atomic E-state index is 0.0564. The van der Waals surface area contributed by atoms with Crippen LogP contribution in [-0.2, 0) is 21.5 Å². The van der Waals surface area contributed by atoms with E-state index >= 15 is 0 Å². The molecule has 3 fully saturated rings. The number of thiophene rings is 1. The fourth-order valence-corrected chi connectivity index (χ4v) is 6.29. The maximum Gasteiger partial charge on any atom is 0.410 e. The van der Waals surface area contributed by atoms with Crippen LogP contribution < -0.4 is 5.32 Å². The van der Waals surface area contributed by atoms with Crippen molar-refractivity contribution in [3.8, 4) is 0 Å². The molecule has 2 spiro atoms. The highest BCUT2D eigenvalue weighted by Crippen LogP contribution is 2.45. The number of nitrogens with zero attached hydrogens (tertiary/aromatic N) is 2. The van der Waals surface area contributed by atoms with E-state index in [2.05, 4.69) is 11.4 Å². The molecule has 1 aromatic rings. The predicted octanol–water partition coefficient (Wildman–Crippen LogP) is 1.57. The molecule has 5 rings (SSSR count). The Labute approximate surface area is 162 Å². The normalized spacial score (nSPS) is 29.4. The second kappa shape index (κ2) is 6.18. The molecule has 0 aliphatic carbocycles. The van der Waals surface area contributed by atoms with Gasteiger partial charge in [-0.15, -0.1) is 11.3 Å². The molecule has 1 N–H and O–H groups in total. The molecule has 0 aromatic carbocycles. The van der Waals surface area contributed by atoms with E-state index in [0.717, 1.165) is 43.8 Å². The summed E-state index contributed by atoms with van der Waals surface area (Å²) in [5.74, 6) is 0.0564. The summed E-state index contributed by atoms with van der Waals surface area (Å²) in [6, 6.07) is 2.08. The highest BCUT2D eigenvalue weighted by molar-refractivity contribution is 7.14. The summed E-state index contributed by atoms with van der Waals surface area (Å²) in [4.78, 5) is 30.4. The molecule has 146 valence electrons. The Bertz CT molecular complexity index is 788. The van der Waals surface area contributed by atoms with Crippen LogP contribution in [0.2, 0.25) is 0 Å². The van der Waals surface area contributed by atoms with Crippen molar-refractivity contribution in [3.05, 3.63) is 21.4 Å². The van der Waals surface area contributed by atoms with Gasteiger partial charge in [0.05, 0.1) is 24.6 Å². The molecular formula is C19H25N3O4S. The van der Waals surface area contributed by atoms with E-state index in [9.17, 15) is 9.59 Å². The summed E-state index contributed by atoms with van der Waals surface area (Å²) in [6.45, 7) is 4.30. The van der Waals surface area contributed by atoms with Crippen LogP contribution in [0.4, 0.5) is 4.79 Å². The van der Waals surface area contributed by atoms with Gasteiger partial charge in [-0.1, -0.05) is 0 Å². The van der Waals surface area contributed by atoms with Gasteiger partial charge in [-0.2, -0.15) is 0 Å². The molecule has 2 amide bonds. The van der Waals surface area contributed by atoms with Crippen molar-refractivity contribution < 1.29 is 19.1 Å². The number of piperidine rings is 1. The number of rotatable bonds is 1. The predicted molar refractivity (Wildman–Crippen MR) is 100 cm³/mol. The highest BCUT2D eigenvalue weighted by Gasteiger charge is 2.50. The molecule has 0 saturated carbocycles. The van der Waals surface area contributed by atoms with Crippen LogP contribution in [0.1, 0.15) is 39.4 Å². The van der Waals surface area contributed by atoms with Gasteiger partial charge in [0.1, 0.15) is 5.60 Å². The first-order valence-electron chi connectivity index (χ1n) is 9.72. The summed E-state index contributed by atoms with van der Waals surface area (Å²) < 4.78 is 11.8. The van der Waals surface area contributed by atoms with Gasteiger partial charge in [0.15, 0.2) is 5.60 Å². The molecule has 4 aliphatic heterocycles. The highest BCUT2D eigenvalue weighted by atomic mass is 32.1. The summed E-state index contributed by atoms with van der Waals surface area (Å²) in [5, 5.41) is 3.40. The monoisotopic (exact) mass is 391 g/mol. The van der Waals surface area contributed by atoms with Crippen molar-refractivity contribution in [3.63, 3.8) is 0 Å². The molecule has 3 saturated heterocycles. The van der Waals surface area contributed by atoms with Crippen LogP contribution in [-0.4, -0.2) is 73.8 Å². The lowest BCUT2D eigenvalue weighted by molar-refractivity contribution is -0.0771. The van der Waals surface area contributed by atoms with Crippen molar-refractivity contribution in [2.24, 2.45) is 0 Å². The lowest BCUT2D eigenvalue weighted by Crippen LogP contribution is -2.44. The summed E-state index contributed by atoms with van der Waals surface area (Å²) in [7, 11) is 1.74. The van der Waals surface area contributed by atoms with Crippen LogP contribution in [0, 0.1) is 0 Å². The van der Waals surface area contributed by atoms with E-state index in [1.165, 1.54) is 10.4 Å². The minimum Gasteiger partial charge on any atom is -0.439 e. The second-order valence-electron chi connectivity index (χ2n) is 8.19. The number of carbonyl (C=O) groups excluding carboxylic acids is 2. The maximum absolute atomic E-state index is 13.2. The van der Waals surface area contributed by atoms with E-state index in [1.54, 1.807) is 23.3 Å². The van der Waals surface area contributed by atoms with E-state index < -0.39 is 5.60 Å². The molecule has 1 atom stereocenters. The maximum atomic E-state index is 13.2. The summed E-state index contributed by atoms with van der Waals surface area (Å²) >= 11 is 1.61. The Hall–Kier alpha value is -1.64. The number of carbonyl (C=O) groups is 2. The second-order valence-corrected chi connectivity index (χ2v) is 9.24. The number of likely N-dealkylation sites (tertiary alicyclic amines) is 1. The van der Waals surface area contributed by atoms with Gasteiger partial charge >= 0.3 is 6.09 Å². The lowest BCUT2D eigenvalue weighted by Gasteiger charge is -2.40. The Morgan fingerprint density at radius 1 is 1.26 bits per heavy atom. The standard InChI is InChI=1S/C19H25N3O4S/c1-21-11-18(26-17(21)24)5-8-22(12-18)16(23)14-10-13-2-9-25-19(15(13)27-14)3-6-20-7-4-19/h10,20H,2-9,11-12H2,1H3. The van der Waals surface area contributed by atoms with Crippen molar-refractivity contribution >= 4 is 23.3 Å². The third-order valence-electron chi connectivity index (χ3n) is 6.34. The van der Waals surface area contributed by atoms with Gasteiger partial charge < -0.3 is 24.6 Å². The largest absolute Gasteiger partial charge is 0.439 e. The Morgan fingerprint density at radius 3 is 2.81 bits per heavy atom. The number of nitrogens with one attached hydrogen (secondary N) is 1. The lowest BCUT2D eigenvalue weighted by atomic mass is 9.86. The molecule has 1 aromatic heterocycles. The minimum atomic E-state index is -0.530. The van der Waals surface area contributed by atoms with Crippen LogP contribution >= 0.6 is 11.3 Å². The SMILES string of the molecule is CN1CC2(CCN(C(=O)c3cc4c(s3)C3(CCNCC3)OCC4)C2)OC1=O. The number of hydrogen-bond acceptors (Lipinski definition) is 6. The van der Waals surface area contributed by atoms with Crippen LogP contribution in [0.15, 0.2) is 6.07 Å². The van der Waals surface area contributed by atoms with Crippen molar-refractivity contribution in [2.75, 3.05) is 46.4 Å². The average molecular weight is 391 g/mol. The Balaban J connectivity index is 1.37. The van der Waals surface area contributed by atoms with Gasteiger partial charge in [0, 0.05) is 24.9 Å². The smallest absolute Gasteiger partial charge is 0.410 e. The van der Waals surface area contributed by atoms with Gasteiger partial charge in [0.2, 0.25) is 0 Å². The van der Waals surface area contributed by atoms with Gasteiger partial charge in [-0.3, -0.25) is 4.79 Å². The van der Waals surface area contributed by atoms with Crippen LogP contribution in [0.5, 0.6) is 0 Å². The topological polar surface area (TPSA) is 71.1 Å². The van der Waals surface area contributed by atoms with Gasteiger partial charge in [0.25, 0.3) is 5.91 Å². The molecule has 8 heteroatoms. The fourth-order valence-electron chi connectivity index (χ4n) is 4.91. The van der Waals surface area contributed by atoms with Gasteiger partial charge in [-0.05, 0) is 44.0 Å². The van der Waals surface area contributed by atoms with Crippen molar-refractivity contribution in [2.45, 2.75) is 36.9 Å². The zero-order valence-corrected chi connectivity index (χ0v) is 16.4. The molecule has 0 bridgehead atoms. The number of ether oxygens (including phenoxy) is 2. The zero-order chi connectivity index (χ0) is 18.6. The Morgan fingerprint density at radius 2 is 2.07 bits per heavy atom. The van der Waals surface area contributed by atoms with E-state index in [4.69, 9.17) is 9.47 Å². The molecule has 7 nitrogen and oxygen atoms in total. The zero-order valence-electron chi connectivity index (χ0n) is 15.6. The molecule has 1 unspecified atom stereocenters. The van der Waals surface area contributed by atoms with E-state index in [0.29, 0.717) is 26.1 Å². The quantitative estimate of drug-likeness (QED) is 0.787. The number of fused-ring (bicyclic) bond motifs is 2. The third-order valence-corrected chi connectivity index (χ3v) is 7.69. The summed E-state index contributed by atoms with van der Waals surface area (Å²) in [6.07, 6.45) is 3.21. The third kappa shape index (κ3) is 2.77. The van der Waals surface area contributed by atoms with Crippen LogP contribution in [0.25, 0.3) is 0 Å². The van der Waals surface area contributed by atoms with Gasteiger partial charge in [-0.25, -0.2) is 4.79 Å². The number of amides is 2. The van der Waals surface area contributed by atoms with E-state index in [-0.39, 0.29) is 17.6 Å². The molecule has 4 aliphatic rings. The van der Waals surface area contributed by atoms with Crippen molar-refractivity contribution in [1.29, 1.82) is 0 Å². The number of likely N-dealkylation sites (N-methyl/N-ethyl adjacent to an activating group) is 1. The average Bonchev–Trinajstić information content (AvgIpc) is 3.34. The molecule has 0 radical (unpaired) electrons. The molecular weight excluding hydrogens is 366 g/mol. The first-order valence-corrected chi connectivity index (χ1v) is 10.5. The first-order chi connectivity index (χ1) is 13.0. The fraction of sp³-hybridized carbons (Fsp3) is 0.684. The molecule has 5 heterocycles. The van der Waals surface area contributed by atoms with E-state index in [1.807, 2.05) is 4.90 Å². The molecule has 27 heavy (non-hydrogen) atoms. The van der Waals surface area contributed by atoms with Crippen molar-refractivity contribution in [1.82, 2.24) is 15.1 Å². The Kier molecular flexibility index (Phi) is 4.00. The first kappa shape index (κ1) is 17.5. The van der Waals surface area contributed by atoms with Crippen LogP contribution in [0.3, 0.4) is 0 Å². The summed E-state index contributed by atoms with van der Waals surface area (Å²) in [5.41, 5.74) is 0.535. The number of hydrogen-bond donors (Lipinski definition) is 1.